The van der Waals surface area contributed by atoms with Gasteiger partial charge in [-0.05, 0) is 70.3 Å². The molecule has 5 nitrogen and oxygen atoms in total. The average molecular weight is 442 g/mol. The van der Waals surface area contributed by atoms with Crippen molar-refractivity contribution in [1.82, 2.24) is 15.1 Å². The molecule has 3 rings (SSSR count). The van der Waals surface area contributed by atoms with Crippen molar-refractivity contribution in [2.75, 3.05) is 39.3 Å². The van der Waals surface area contributed by atoms with Gasteiger partial charge in [-0.25, -0.2) is 0 Å². The molecule has 0 radical (unpaired) electrons. The van der Waals surface area contributed by atoms with Gasteiger partial charge in [0.1, 0.15) is 0 Å². The van der Waals surface area contributed by atoms with Crippen molar-refractivity contribution >= 4 is 29.1 Å². The van der Waals surface area contributed by atoms with Crippen molar-refractivity contribution < 1.29 is 9.53 Å². The zero-order valence-electron chi connectivity index (χ0n) is 17.5. The van der Waals surface area contributed by atoms with Gasteiger partial charge in [0.15, 0.2) is 0 Å². The summed E-state index contributed by atoms with van der Waals surface area (Å²) in [7, 11) is 0. The molecule has 162 valence electrons. The minimum atomic E-state index is -0.172. The van der Waals surface area contributed by atoms with Crippen molar-refractivity contribution in [3.8, 4) is 0 Å². The van der Waals surface area contributed by atoms with Crippen molar-refractivity contribution in [1.29, 1.82) is 0 Å². The van der Waals surface area contributed by atoms with Crippen molar-refractivity contribution in [2.45, 2.75) is 57.7 Å². The number of benzene rings is 1. The predicted molar refractivity (Wildman–Crippen MR) is 119 cm³/mol. The third-order valence-electron chi connectivity index (χ3n) is 6.15. The predicted octanol–water partition coefficient (Wildman–Crippen LogP) is 4.14. The molecule has 2 aliphatic heterocycles. The molecular weight excluding hydrogens is 409 g/mol. The Hall–Kier alpha value is -0.850. The second-order valence-electron chi connectivity index (χ2n) is 8.23. The molecule has 1 aromatic rings. The molecular formula is C22H33Cl2N3O2. The number of rotatable bonds is 8. The number of hydrogen-bond acceptors (Lipinski definition) is 4. The van der Waals surface area contributed by atoms with Crippen molar-refractivity contribution in [3.05, 3.63) is 33.8 Å². The van der Waals surface area contributed by atoms with E-state index in [2.05, 4.69) is 15.1 Å². The molecule has 0 spiro atoms. The fourth-order valence-electron chi connectivity index (χ4n) is 4.21. The molecule has 1 aromatic carbocycles. The zero-order chi connectivity index (χ0) is 20.8. The summed E-state index contributed by atoms with van der Waals surface area (Å²) in [6.07, 6.45) is 4.92. The van der Waals surface area contributed by atoms with Crippen LogP contribution in [0.1, 0.15) is 51.1 Å². The number of nitrogens with zero attached hydrogens (tertiary/aromatic N) is 2. The minimum Gasteiger partial charge on any atom is -0.377 e. The third-order valence-corrected chi connectivity index (χ3v) is 6.71. The monoisotopic (exact) mass is 441 g/mol. The summed E-state index contributed by atoms with van der Waals surface area (Å²) in [5.74, 6) is 0.0249. The fourth-order valence-corrected chi connectivity index (χ4v) is 4.79. The Labute approximate surface area is 184 Å². The van der Waals surface area contributed by atoms with Crippen LogP contribution in [0.3, 0.4) is 0 Å². The van der Waals surface area contributed by atoms with Crippen molar-refractivity contribution in [3.63, 3.8) is 0 Å². The molecule has 2 aliphatic rings. The van der Waals surface area contributed by atoms with Crippen LogP contribution in [0.25, 0.3) is 0 Å². The zero-order valence-corrected chi connectivity index (χ0v) is 19.0. The van der Waals surface area contributed by atoms with Gasteiger partial charge in [0.2, 0.25) is 5.91 Å². The maximum absolute atomic E-state index is 12.7. The third kappa shape index (κ3) is 6.56. The van der Waals surface area contributed by atoms with E-state index in [-0.39, 0.29) is 18.0 Å². The van der Waals surface area contributed by atoms with Crippen LogP contribution in [0.5, 0.6) is 0 Å². The van der Waals surface area contributed by atoms with Crippen LogP contribution in [0.4, 0.5) is 0 Å². The average Bonchev–Trinajstić information content (AvgIpc) is 3.21. The standard InChI is InChI=1S/C22H33Cl2N3O2/c1-16(20-6-5-18(23)15-21(20)24)25-22(28)17(2)27-11-7-19(8-12-27)29-14-13-26-9-3-4-10-26/h5-6,15-17,19H,3-4,7-14H2,1-2H3,(H,25,28)/t16-,17-/m1/s1. The number of amides is 1. The quantitative estimate of drug-likeness (QED) is 0.658. The number of likely N-dealkylation sites (tertiary alicyclic amines) is 2. The molecule has 2 atom stereocenters. The fraction of sp³-hybridized carbons (Fsp3) is 0.682. The number of ether oxygens (including phenoxy) is 1. The van der Waals surface area contributed by atoms with E-state index in [1.165, 1.54) is 25.9 Å². The van der Waals surface area contributed by atoms with Crippen LogP contribution in [0.15, 0.2) is 18.2 Å². The first kappa shape index (κ1) is 22.8. The van der Waals surface area contributed by atoms with Crippen LogP contribution < -0.4 is 5.32 Å². The number of piperidine rings is 1. The summed E-state index contributed by atoms with van der Waals surface area (Å²) >= 11 is 12.2. The maximum atomic E-state index is 12.7. The largest absolute Gasteiger partial charge is 0.377 e. The van der Waals surface area contributed by atoms with Gasteiger partial charge in [0, 0.05) is 29.7 Å². The molecule has 2 heterocycles. The van der Waals surface area contributed by atoms with Crippen LogP contribution in [-0.4, -0.2) is 67.2 Å². The van der Waals surface area contributed by atoms with Crippen LogP contribution in [-0.2, 0) is 9.53 Å². The molecule has 2 saturated heterocycles. The lowest BCUT2D eigenvalue weighted by atomic mass is 10.0. The first-order valence-electron chi connectivity index (χ1n) is 10.8. The molecule has 0 saturated carbocycles. The Morgan fingerprint density at radius 3 is 2.52 bits per heavy atom. The summed E-state index contributed by atoms with van der Waals surface area (Å²) in [6, 6.07) is 5.03. The highest BCUT2D eigenvalue weighted by Crippen LogP contribution is 2.26. The van der Waals surface area contributed by atoms with Crippen LogP contribution in [0.2, 0.25) is 10.0 Å². The second-order valence-corrected chi connectivity index (χ2v) is 9.07. The Balaban J connectivity index is 1.39. The van der Waals surface area contributed by atoms with Gasteiger partial charge in [-0.15, -0.1) is 0 Å². The number of halogens is 2. The van der Waals surface area contributed by atoms with E-state index in [1.807, 2.05) is 19.9 Å². The van der Waals surface area contributed by atoms with E-state index in [0.29, 0.717) is 16.1 Å². The first-order valence-corrected chi connectivity index (χ1v) is 11.5. The molecule has 2 fully saturated rings. The molecule has 0 aliphatic carbocycles. The number of nitrogens with one attached hydrogen (secondary N) is 1. The molecule has 1 amide bonds. The molecule has 0 bridgehead atoms. The van der Waals surface area contributed by atoms with Crippen LogP contribution >= 0.6 is 23.2 Å². The van der Waals surface area contributed by atoms with Gasteiger partial charge < -0.3 is 15.0 Å². The summed E-state index contributed by atoms with van der Waals surface area (Å²) in [5.41, 5.74) is 0.877. The lowest BCUT2D eigenvalue weighted by molar-refractivity contribution is -0.127. The Morgan fingerprint density at radius 2 is 1.86 bits per heavy atom. The van der Waals surface area contributed by atoms with Gasteiger partial charge >= 0.3 is 0 Å². The molecule has 0 aromatic heterocycles. The number of carbonyl (C=O) groups is 1. The SMILES string of the molecule is C[C@H](C(=O)N[C@H](C)c1ccc(Cl)cc1Cl)N1CCC(OCCN2CCCC2)CC1. The van der Waals surface area contributed by atoms with Crippen LogP contribution in [0, 0.1) is 0 Å². The normalized spacial score (nSPS) is 21.2. The lowest BCUT2D eigenvalue weighted by Gasteiger charge is -2.35. The van der Waals surface area contributed by atoms with Gasteiger partial charge in [-0.3, -0.25) is 9.69 Å². The van der Waals surface area contributed by atoms with Gasteiger partial charge in [-0.1, -0.05) is 29.3 Å². The van der Waals surface area contributed by atoms with E-state index in [4.69, 9.17) is 27.9 Å². The van der Waals surface area contributed by atoms with E-state index >= 15 is 0 Å². The van der Waals surface area contributed by atoms with E-state index in [9.17, 15) is 4.79 Å². The summed E-state index contributed by atoms with van der Waals surface area (Å²) in [4.78, 5) is 17.5. The number of hydrogen-bond donors (Lipinski definition) is 1. The van der Waals surface area contributed by atoms with E-state index in [0.717, 1.165) is 44.6 Å². The summed E-state index contributed by atoms with van der Waals surface area (Å²) in [6.45, 7) is 9.99. The molecule has 29 heavy (non-hydrogen) atoms. The van der Waals surface area contributed by atoms with Crippen molar-refractivity contribution in [2.24, 2.45) is 0 Å². The smallest absolute Gasteiger partial charge is 0.237 e. The van der Waals surface area contributed by atoms with Gasteiger partial charge in [0.25, 0.3) is 0 Å². The Morgan fingerprint density at radius 1 is 1.17 bits per heavy atom. The second kappa shape index (κ2) is 11.0. The van der Waals surface area contributed by atoms with Gasteiger partial charge in [0.05, 0.1) is 24.8 Å². The molecule has 0 unspecified atom stereocenters. The number of carbonyl (C=O) groups excluding carboxylic acids is 1. The Kier molecular flexibility index (Phi) is 8.63. The lowest BCUT2D eigenvalue weighted by Crippen LogP contribution is -2.49. The highest BCUT2D eigenvalue weighted by atomic mass is 35.5. The topological polar surface area (TPSA) is 44.8 Å². The van der Waals surface area contributed by atoms with E-state index < -0.39 is 0 Å². The molecule has 1 N–H and O–H groups in total. The maximum Gasteiger partial charge on any atom is 0.237 e. The molecule has 7 heteroatoms. The highest BCUT2D eigenvalue weighted by Gasteiger charge is 2.28. The van der Waals surface area contributed by atoms with E-state index in [1.54, 1.807) is 12.1 Å². The Bertz CT molecular complexity index is 674. The summed E-state index contributed by atoms with van der Waals surface area (Å²) in [5, 5.41) is 4.25. The van der Waals surface area contributed by atoms with Gasteiger partial charge in [-0.2, -0.15) is 0 Å². The summed E-state index contributed by atoms with van der Waals surface area (Å²) < 4.78 is 6.08. The minimum absolute atomic E-state index is 0.0249. The first-order chi connectivity index (χ1) is 13.9. The highest BCUT2D eigenvalue weighted by molar-refractivity contribution is 6.35.